The summed E-state index contributed by atoms with van der Waals surface area (Å²) in [4.78, 5) is 18.4. The third-order valence-corrected chi connectivity index (χ3v) is 3.97. The fourth-order valence-corrected chi connectivity index (χ4v) is 2.92. The quantitative estimate of drug-likeness (QED) is 0.874. The van der Waals surface area contributed by atoms with E-state index in [9.17, 15) is 9.90 Å². The van der Waals surface area contributed by atoms with Crippen LogP contribution in [0.4, 0.5) is 0 Å². The number of nitrogens with zero attached hydrogens (tertiary/aromatic N) is 5. The van der Waals surface area contributed by atoms with Crippen molar-refractivity contribution in [3.05, 3.63) is 36.3 Å². The first-order valence-electron chi connectivity index (χ1n) is 7.46. The Balaban J connectivity index is 1.76. The molecule has 1 saturated heterocycles. The Morgan fingerprint density at radius 2 is 2.35 bits per heavy atom. The maximum atomic E-state index is 12.7. The Morgan fingerprint density at radius 3 is 3.09 bits per heavy atom. The molecule has 1 fully saturated rings. The van der Waals surface area contributed by atoms with Gasteiger partial charge < -0.3 is 14.7 Å². The number of pyridine rings is 1. The number of likely N-dealkylation sites (tertiary alicyclic amines) is 1. The minimum Gasteiger partial charge on any atom is -0.480 e. The summed E-state index contributed by atoms with van der Waals surface area (Å²) in [6.45, 7) is 1.14. The number of carbonyl (C=O) groups excluding carboxylic acids is 1. The first-order chi connectivity index (χ1) is 11.1. The van der Waals surface area contributed by atoms with Crippen molar-refractivity contribution < 1.29 is 14.6 Å². The Bertz CT molecular complexity index is 676. The molecule has 3 heterocycles. The summed E-state index contributed by atoms with van der Waals surface area (Å²) in [5.74, 6) is 0.106. The van der Waals surface area contributed by atoms with Crippen LogP contribution in [0.25, 0.3) is 0 Å². The van der Waals surface area contributed by atoms with Gasteiger partial charge in [0.15, 0.2) is 0 Å². The predicted octanol–water partition coefficient (Wildman–Crippen LogP) is 0.349. The summed E-state index contributed by atoms with van der Waals surface area (Å²) >= 11 is 0. The van der Waals surface area contributed by atoms with Gasteiger partial charge in [-0.25, -0.2) is 9.67 Å². The number of β-amino-alcohol motifs (C(OH)–C–C–N with tert-alkyl or cyclic N) is 1. The van der Waals surface area contributed by atoms with Gasteiger partial charge in [0.05, 0.1) is 26.4 Å². The highest BCUT2D eigenvalue weighted by atomic mass is 16.5. The van der Waals surface area contributed by atoms with Crippen molar-refractivity contribution >= 4 is 5.91 Å². The number of carbonyl (C=O) groups is 1. The number of ether oxygens (including phenoxy) is 1. The van der Waals surface area contributed by atoms with Crippen molar-refractivity contribution in [3.8, 4) is 5.88 Å². The zero-order valence-corrected chi connectivity index (χ0v) is 12.9. The molecule has 122 valence electrons. The first kappa shape index (κ1) is 15.4. The van der Waals surface area contributed by atoms with Crippen LogP contribution < -0.4 is 4.74 Å². The van der Waals surface area contributed by atoms with Gasteiger partial charge in [-0.15, -0.1) is 5.10 Å². The van der Waals surface area contributed by atoms with Crippen molar-refractivity contribution in [1.82, 2.24) is 24.9 Å². The molecule has 0 radical (unpaired) electrons. The van der Waals surface area contributed by atoms with Gasteiger partial charge in [-0.05, 0) is 25.0 Å². The van der Waals surface area contributed by atoms with Gasteiger partial charge in [0.25, 0.3) is 5.91 Å². The Labute approximate surface area is 133 Å². The third kappa shape index (κ3) is 3.31. The molecule has 2 aromatic heterocycles. The second-order valence-corrected chi connectivity index (χ2v) is 5.72. The average molecular weight is 317 g/mol. The fourth-order valence-electron chi connectivity index (χ4n) is 2.92. The lowest BCUT2D eigenvalue weighted by molar-refractivity contribution is -0.0388. The number of hydrogen-bond acceptors (Lipinski definition) is 6. The second-order valence-electron chi connectivity index (χ2n) is 5.72. The zero-order chi connectivity index (χ0) is 16.3. The summed E-state index contributed by atoms with van der Waals surface area (Å²) in [5, 5.41) is 18.4. The van der Waals surface area contributed by atoms with Crippen LogP contribution in [0.3, 0.4) is 0 Å². The SMILES string of the molecule is COc1ncccc1C(=O)N1CCCC(O)(Cn2ccnn2)C1. The van der Waals surface area contributed by atoms with E-state index in [4.69, 9.17) is 4.74 Å². The highest BCUT2D eigenvalue weighted by molar-refractivity contribution is 5.96. The largest absolute Gasteiger partial charge is 0.480 e. The van der Waals surface area contributed by atoms with E-state index in [1.54, 1.807) is 40.3 Å². The smallest absolute Gasteiger partial charge is 0.259 e. The molecule has 1 atom stereocenters. The molecule has 8 heteroatoms. The van der Waals surface area contributed by atoms with Gasteiger partial charge in [-0.2, -0.15) is 0 Å². The zero-order valence-electron chi connectivity index (χ0n) is 12.9. The normalized spacial score (nSPS) is 21.2. The van der Waals surface area contributed by atoms with E-state index < -0.39 is 5.60 Å². The van der Waals surface area contributed by atoms with Crippen molar-refractivity contribution in [2.75, 3.05) is 20.2 Å². The number of aliphatic hydroxyl groups is 1. The van der Waals surface area contributed by atoms with Gasteiger partial charge in [0.2, 0.25) is 5.88 Å². The van der Waals surface area contributed by atoms with Crippen molar-refractivity contribution in [2.45, 2.75) is 25.0 Å². The monoisotopic (exact) mass is 317 g/mol. The number of piperidine rings is 1. The summed E-state index contributed by atoms with van der Waals surface area (Å²) in [5.41, 5.74) is -0.614. The molecular formula is C15H19N5O3. The van der Waals surface area contributed by atoms with Crippen LogP contribution in [0.5, 0.6) is 5.88 Å². The van der Waals surface area contributed by atoms with Crippen molar-refractivity contribution in [3.63, 3.8) is 0 Å². The van der Waals surface area contributed by atoms with Crippen LogP contribution in [-0.4, -0.2) is 61.7 Å². The Hall–Kier alpha value is -2.48. The molecule has 0 saturated carbocycles. The molecule has 0 aromatic carbocycles. The minimum atomic E-state index is -1.02. The Morgan fingerprint density at radius 1 is 1.48 bits per heavy atom. The van der Waals surface area contributed by atoms with Crippen LogP contribution >= 0.6 is 0 Å². The van der Waals surface area contributed by atoms with Crippen LogP contribution in [0.15, 0.2) is 30.7 Å². The molecule has 1 unspecified atom stereocenters. The van der Waals surface area contributed by atoms with Crippen LogP contribution in [0.2, 0.25) is 0 Å². The summed E-state index contributed by atoms with van der Waals surface area (Å²) < 4.78 is 6.73. The van der Waals surface area contributed by atoms with Gasteiger partial charge >= 0.3 is 0 Å². The van der Waals surface area contributed by atoms with Crippen molar-refractivity contribution in [1.29, 1.82) is 0 Å². The Kier molecular flexibility index (Phi) is 4.24. The number of rotatable bonds is 4. The second kappa shape index (κ2) is 6.33. The van der Waals surface area contributed by atoms with Crippen LogP contribution in [0, 0.1) is 0 Å². The number of aromatic nitrogens is 4. The predicted molar refractivity (Wildman–Crippen MR) is 80.9 cm³/mol. The molecule has 3 rings (SSSR count). The molecule has 1 aliphatic heterocycles. The third-order valence-electron chi connectivity index (χ3n) is 3.97. The highest BCUT2D eigenvalue weighted by Gasteiger charge is 2.36. The standard InChI is InChI=1S/C15H19N5O3/c1-23-13-12(4-2-6-16-13)14(21)19-8-3-5-15(22,10-19)11-20-9-7-17-18-20/h2,4,6-7,9,22H,3,5,8,10-11H2,1H3. The van der Waals surface area contributed by atoms with Gasteiger partial charge in [-0.1, -0.05) is 5.21 Å². The van der Waals surface area contributed by atoms with E-state index in [1.807, 2.05) is 0 Å². The van der Waals surface area contributed by atoms with Crippen LogP contribution in [0.1, 0.15) is 23.2 Å². The van der Waals surface area contributed by atoms with E-state index in [0.29, 0.717) is 31.0 Å². The molecule has 0 aliphatic carbocycles. The number of methoxy groups -OCH3 is 1. The van der Waals surface area contributed by atoms with E-state index in [1.165, 1.54) is 7.11 Å². The van der Waals surface area contributed by atoms with E-state index in [2.05, 4.69) is 15.3 Å². The number of hydrogen-bond donors (Lipinski definition) is 1. The lowest BCUT2D eigenvalue weighted by Crippen LogP contribution is -2.52. The molecule has 8 nitrogen and oxygen atoms in total. The van der Waals surface area contributed by atoms with E-state index >= 15 is 0 Å². The average Bonchev–Trinajstić information content (AvgIpc) is 3.06. The van der Waals surface area contributed by atoms with Gasteiger partial charge in [0.1, 0.15) is 11.2 Å². The molecule has 0 spiro atoms. The van der Waals surface area contributed by atoms with E-state index in [-0.39, 0.29) is 12.5 Å². The van der Waals surface area contributed by atoms with Gasteiger partial charge in [-0.3, -0.25) is 4.79 Å². The molecule has 1 N–H and O–H groups in total. The summed E-state index contributed by atoms with van der Waals surface area (Å²) in [6.07, 6.45) is 6.17. The highest BCUT2D eigenvalue weighted by Crippen LogP contribution is 2.25. The molecule has 23 heavy (non-hydrogen) atoms. The fraction of sp³-hybridized carbons (Fsp3) is 0.467. The first-order valence-corrected chi connectivity index (χ1v) is 7.46. The van der Waals surface area contributed by atoms with Gasteiger partial charge in [0, 0.05) is 18.9 Å². The number of amides is 1. The molecular weight excluding hydrogens is 298 g/mol. The maximum absolute atomic E-state index is 12.7. The molecule has 1 amide bonds. The molecule has 2 aromatic rings. The minimum absolute atomic E-state index is 0.188. The lowest BCUT2D eigenvalue weighted by Gasteiger charge is -2.39. The van der Waals surface area contributed by atoms with E-state index in [0.717, 1.165) is 6.42 Å². The topological polar surface area (TPSA) is 93.4 Å². The summed E-state index contributed by atoms with van der Waals surface area (Å²) in [7, 11) is 1.48. The lowest BCUT2D eigenvalue weighted by atomic mass is 9.92. The maximum Gasteiger partial charge on any atom is 0.259 e. The van der Waals surface area contributed by atoms with Crippen molar-refractivity contribution in [2.24, 2.45) is 0 Å². The van der Waals surface area contributed by atoms with Crippen LogP contribution in [-0.2, 0) is 6.54 Å². The molecule has 1 aliphatic rings. The molecule has 0 bridgehead atoms. The summed E-state index contributed by atoms with van der Waals surface area (Å²) in [6, 6.07) is 3.38.